The number of carbonyl (C=O) groups is 1. The van der Waals surface area contributed by atoms with Crippen molar-refractivity contribution < 1.29 is 28.8 Å². The van der Waals surface area contributed by atoms with Crippen LogP contribution in [0.4, 0.5) is 0 Å². The highest BCUT2D eigenvalue weighted by molar-refractivity contribution is 5.73. The molecule has 18 heavy (non-hydrogen) atoms. The van der Waals surface area contributed by atoms with Crippen LogP contribution in [0, 0.1) is 5.92 Å². The molecule has 6 heteroatoms. The van der Waals surface area contributed by atoms with Gasteiger partial charge < -0.3 is 24.1 Å². The highest BCUT2D eigenvalue weighted by Crippen LogP contribution is 2.41. The Kier molecular flexibility index (Phi) is 3.46. The molecule has 0 saturated carbocycles. The summed E-state index contributed by atoms with van der Waals surface area (Å²) in [6, 6.07) is 0. The Bertz CT molecular complexity index is 352. The highest BCUT2D eigenvalue weighted by Gasteiger charge is 2.58. The standard InChI is InChI=1S/C12H18O6/c1-5-6(10(13)14)7-8-9(11(15-4)16-7)18-12(2,3)17-8/h5-9,11H,1H2,2-4H3,(H,13,14)/t6-,7-,8-,9-,11-/m1/s1. The predicted octanol–water partition coefficient (Wildman–Crippen LogP) is 0.765. The summed E-state index contributed by atoms with van der Waals surface area (Å²) in [6.07, 6.45) is -0.822. The van der Waals surface area contributed by atoms with Crippen LogP contribution in [0.25, 0.3) is 0 Å². The van der Waals surface area contributed by atoms with Crippen LogP contribution in [-0.2, 0) is 23.7 Å². The van der Waals surface area contributed by atoms with Crippen molar-refractivity contribution >= 4 is 5.97 Å². The van der Waals surface area contributed by atoms with Crippen LogP contribution in [-0.4, -0.2) is 48.6 Å². The third kappa shape index (κ3) is 2.16. The number of methoxy groups -OCH3 is 1. The molecule has 2 saturated heterocycles. The number of carboxylic acids is 1. The third-order valence-electron chi connectivity index (χ3n) is 3.17. The summed E-state index contributed by atoms with van der Waals surface area (Å²) in [4.78, 5) is 11.2. The van der Waals surface area contributed by atoms with Crippen LogP contribution in [0.2, 0.25) is 0 Å². The van der Waals surface area contributed by atoms with Crippen molar-refractivity contribution in [1.82, 2.24) is 0 Å². The zero-order chi connectivity index (χ0) is 13.5. The smallest absolute Gasteiger partial charge is 0.313 e. The minimum Gasteiger partial charge on any atom is -0.481 e. The number of rotatable bonds is 4. The fourth-order valence-electron chi connectivity index (χ4n) is 2.45. The molecule has 0 unspecified atom stereocenters. The van der Waals surface area contributed by atoms with Gasteiger partial charge in [0.15, 0.2) is 12.1 Å². The zero-order valence-electron chi connectivity index (χ0n) is 10.7. The molecule has 0 aromatic heterocycles. The molecule has 0 radical (unpaired) electrons. The van der Waals surface area contributed by atoms with Gasteiger partial charge in [-0.05, 0) is 13.8 Å². The largest absolute Gasteiger partial charge is 0.481 e. The molecule has 2 rings (SSSR count). The van der Waals surface area contributed by atoms with Crippen LogP contribution in [0.3, 0.4) is 0 Å². The molecule has 6 nitrogen and oxygen atoms in total. The first-order chi connectivity index (χ1) is 8.39. The first-order valence-corrected chi connectivity index (χ1v) is 5.79. The minimum absolute atomic E-state index is 0.420. The Hall–Kier alpha value is -0.950. The number of ether oxygens (including phenoxy) is 4. The molecule has 0 bridgehead atoms. The number of aliphatic carboxylic acids is 1. The summed E-state index contributed by atoms with van der Waals surface area (Å²) < 4.78 is 22.1. The van der Waals surface area contributed by atoms with E-state index in [-0.39, 0.29) is 0 Å². The average Bonchev–Trinajstić information content (AvgIpc) is 2.73. The molecule has 102 valence electrons. The molecular formula is C12H18O6. The lowest BCUT2D eigenvalue weighted by Crippen LogP contribution is -2.38. The van der Waals surface area contributed by atoms with Crippen molar-refractivity contribution in [2.24, 2.45) is 5.92 Å². The molecule has 0 aliphatic carbocycles. The quantitative estimate of drug-likeness (QED) is 0.751. The maximum atomic E-state index is 11.2. The predicted molar refractivity (Wildman–Crippen MR) is 60.8 cm³/mol. The lowest BCUT2D eigenvalue weighted by molar-refractivity contribution is -0.231. The number of hydrogen-bond donors (Lipinski definition) is 1. The summed E-state index contributed by atoms with van der Waals surface area (Å²) in [7, 11) is 1.49. The summed E-state index contributed by atoms with van der Waals surface area (Å²) in [5, 5.41) is 9.15. The molecule has 0 spiro atoms. The van der Waals surface area contributed by atoms with Gasteiger partial charge in [0.25, 0.3) is 0 Å². The van der Waals surface area contributed by atoms with Crippen LogP contribution in [0.5, 0.6) is 0 Å². The molecule has 2 aliphatic heterocycles. The Morgan fingerprint density at radius 3 is 2.56 bits per heavy atom. The van der Waals surface area contributed by atoms with Gasteiger partial charge in [-0.15, -0.1) is 6.58 Å². The lowest BCUT2D eigenvalue weighted by atomic mass is 9.97. The van der Waals surface area contributed by atoms with Crippen molar-refractivity contribution in [3.63, 3.8) is 0 Å². The van der Waals surface area contributed by atoms with Gasteiger partial charge >= 0.3 is 5.97 Å². The van der Waals surface area contributed by atoms with Gasteiger partial charge in [0.1, 0.15) is 24.2 Å². The Morgan fingerprint density at radius 1 is 1.44 bits per heavy atom. The van der Waals surface area contributed by atoms with Crippen LogP contribution >= 0.6 is 0 Å². The van der Waals surface area contributed by atoms with Crippen LogP contribution in [0.15, 0.2) is 12.7 Å². The Balaban J connectivity index is 2.23. The van der Waals surface area contributed by atoms with Gasteiger partial charge in [0.05, 0.1) is 0 Å². The second kappa shape index (κ2) is 4.62. The van der Waals surface area contributed by atoms with E-state index in [0.717, 1.165) is 0 Å². The molecule has 2 aliphatic rings. The van der Waals surface area contributed by atoms with Gasteiger partial charge in [-0.3, -0.25) is 4.79 Å². The molecule has 1 N–H and O–H groups in total. The minimum atomic E-state index is -1.00. The zero-order valence-corrected chi connectivity index (χ0v) is 10.7. The fraction of sp³-hybridized carbons (Fsp3) is 0.750. The summed E-state index contributed by atoms with van der Waals surface area (Å²) in [6.45, 7) is 7.08. The maximum absolute atomic E-state index is 11.2. The van der Waals surface area contributed by atoms with Gasteiger partial charge in [0.2, 0.25) is 0 Å². The third-order valence-corrected chi connectivity index (χ3v) is 3.17. The van der Waals surface area contributed by atoms with Gasteiger partial charge in [-0.1, -0.05) is 6.08 Å². The normalized spacial score (nSPS) is 39.3. The fourth-order valence-corrected chi connectivity index (χ4v) is 2.45. The van der Waals surface area contributed by atoms with E-state index in [1.54, 1.807) is 13.8 Å². The Morgan fingerprint density at radius 2 is 2.06 bits per heavy atom. The van der Waals surface area contributed by atoms with Crippen LogP contribution < -0.4 is 0 Å². The van der Waals surface area contributed by atoms with Crippen molar-refractivity contribution in [3.05, 3.63) is 12.7 Å². The van der Waals surface area contributed by atoms with E-state index in [4.69, 9.17) is 24.1 Å². The van der Waals surface area contributed by atoms with E-state index in [0.29, 0.717) is 0 Å². The SMILES string of the molecule is C=C[C@@H](C(=O)O)[C@H]1O[C@@H](OC)[C@@H]2OC(C)(C)O[C@@H]21. The summed E-state index contributed by atoms with van der Waals surface area (Å²) >= 11 is 0. The number of hydrogen-bond acceptors (Lipinski definition) is 5. The molecule has 2 fully saturated rings. The average molecular weight is 258 g/mol. The number of carboxylic acid groups (broad SMARTS) is 1. The van der Waals surface area contributed by atoms with E-state index >= 15 is 0 Å². The second-order valence-electron chi connectivity index (χ2n) is 4.87. The summed E-state index contributed by atoms with van der Waals surface area (Å²) in [5.74, 6) is -2.62. The van der Waals surface area contributed by atoms with E-state index in [1.165, 1.54) is 13.2 Å². The van der Waals surface area contributed by atoms with Gasteiger partial charge in [-0.2, -0.15) is 0 Å². The van der Waals surface area contributed by atoms with Gasteiger partial charge in [0, 0.05) is 7.11 Å². The molecule has 5 atom stereocenters. The van der Waals surface area contributed by atoms with Crippen molar-refractivity contribution in [1.29, 1.82) is 0 Å². The first-order valence-electron chi connectivity index (χ1n) is 5.79. The van der Waals surface area contributed by atoms with Crippen molar-refractivity contribution in [2.75, 3.05) is 7.11 Å². The highest BCUT2D eigenvalue weighted by atomic mass is 16.8. The number of fused-ring (bicyclic) bond motifs is 1. The Labute approximate surface area is 105 Å². The topological polar surface area (TPSA) is 74.2 Å². The summed E-state index contributed by atoms with van der Waals surface area (Å²) in [5.41, 5.74) is 0. The van der Waals surface area contributed by atoms with E-state index in [9.17, 15) is 4.79 Å². The molecule has 0 aromatic rings. The van der Waals surface area contributed by atoms with E-state index in [1.807, 2.05) is 0 Å². The van der Waals surface area contributed by atoms with Gasteiger partial charge in [-0.25, -0.2) is 0 Å². The van der Waals surface area contributed by atoms with Crippen molar-refractivity contribution in [2.45, 2.75) is 44.2 Å². The van der Waals surface area contributed by atoms with E-state index in [2.05, 4.69) is 6.58 Å². The van der Waals surface area contributed by atoms with E-state index < -0.39 is 42.3 Å². The lowest BCUT2D eigenvalue weighted by Gasteiger charge is -2.25. The molecular weight excluding hydrogens is 240 g/mol. The monoisotopic (exact) mass is 258 g/mol. The molecule has 2 heterocycles. The molecule has 0 amide bonds. The molecule has 0 aromatic carbocycles. The maximum Gasteiger partial charge on any atom is 0.313 e. The first kappa shape index (κ1) is 13.5. The van der Waals surface area contributed by atoms with Crippen molar-refractivity contribution in [3.8, 4) is 0 Å². The second-order valence-corrected chi connectivity index (χ2v) is 4.87. The van der Waals surface area contributed by atoms with Crippen LogP contribution in [0.1, 0.15) is 13.8 Å².